The van der Waals surface area contributed by atoms with Crippen LogP contribution in [0.4, 0.5) is 35.1 Å². The number of hydrogen-bond acceptors (Lipinski definition) is 10. The molecule has 0 saturated heterocycles. The second kappa shape index (κ2) is 14.8. The van der Waals surface area contributed by atoms with Crippen LogP contribution < -0.4 is 18.9 Å². The zero-order valence-electron chi connectivity index (χ0n) is 25.8. The number of aromatic nitrogens is 2. The number of benzene rings is 2. The minimum absolute atomic E-state index is 0.181. The van der Waals surface area contributed by atoms with Crippen molar-refractivity contribution in [3.8, 4) is 23.0 Å². The van der Waals surface area contributed by atoms with Crippen molar-refractivity contribution in [3.05, 3.63) is 107 Å². The van der Waals surface area contributed by atoms with E-state index in [1.807, 2.05) is 0 Å². The van der Waals surface area contributed by atoms with Crippen molar-refractivity contribution in [2.45, 2.75) is 51.6 Å². The van der Waals surface area contributed by atoms with Gasteiger partial charge in [0.1, 0.15) is 34.6 Å². The summed E-state index contributed by atoms with van der Waals surface area (Å²) in [6, 6.07) is 12.9. The average molecular weight is 713 g/mol. The van der Waals surface area contributed by atoms with Crippen LogP contribution in [0.2, 0.25) is 0 Å². The number of rotatable bonds is 6. The minimum Gasteiger partial charge on any atom is -0.438 e. The molecule has 2 aromatic carbocycles. The van der Waals surface area contributed by atoms with E-state index >= 15 is 0 Å². The molecule has 0 bridgehead atoms. The molecule has 0 N–H and O–H groups in total. The van der Waals surface area contributed by atoms with Gasteiger partial charge in [-0.2, -0.15) is 0 Å². The molecule has 0 fully saturated rings. The Hall–Kier alpha value is -5.68. The largest absolute Gasteiger partial charge is 0.573 e. The second-order valence-electron chi connectivity index (χ2n) is 10.5. The summed E-state index contributed by atoms with van der Waals surface area (Å²) in [7, 11) is 0. The lowest BCUT2D eigenvalue weighted by Gasteiger charge is -2.11. The van der Waals surface area contributed by atoms with Gasteiger partial charge in [0.05, 0.1) is 36.6 Å². The molecular formula is C32H24F8N4O6. The minimum atomic E-state index is -4.74. The van der Waals surface area contributed by atoms with E-state index in [0.717, 1.165) is 0 Å². The van der Waals surface area contributed by atoms with Crippen LogP contribution in [0.3, 0.4) is 0 Å². The van der Waals surface area contributed by atoms with Gasteiger partial charge in [0.2, 0.25) is 11.8 Å². The van der Waals surface area contributed by atoms with E-state index < -0.39 is 36.6 Å². The third-order valence-corrected chi connectivity index (χ3v) is 6.73. The maximum absolute atomic E-state index is 13.4. The van der Waals surface area contributed by atoms with Gasteiger partial charge in [0, 0.05) is 12.1 Å². The van der Waals surface area contributed by atoms with Crippen LogP contribution in [0.1, 0.15) is 47.6 Å². The first-order chi connectivity index (χ1) is 23.6. The van der Waals surface area contributed by atoms with Crippen LogP contribution in [0, 0.1) is 25.5 Å². The van der Waals surface area contributed by atoms with Gasteiger partial charge < -0.3 is 28.6 Å². The maximum Gasteiger partial charge on any atom is 0.573 e. The van der Waals surface area contributed by atoms with Crippen LogP contribution in [-0.2, 0) is 9.68 Å². The van der Waals surface area contributed by atoms with E-state index in [2.05, 4.69) is 29.8 Å². The van der Waals surface area contributed by atoms with Crippen molar-refractivity contribution in [3.63, 3.8) is 0 Å². The van der Waals surface area contributed by atoms with Crippen LogP contribution in [0.5, 0.6) is 23.0 Å². The Morgan fingerprint density at radius 1 is 0.580 bits per heavy atom. The maximum atomic E-state index is 13.4. The van der Waals surface area contributed by atoms with Crippen LogP contribution in [-0.4, -0.2) is 34.5 Å². The molecule has 50 heavy (non-hydrogen) atoms. The van der Waals surface area contributed by atoms with Gasteiger partial charge in [0.15, 0.2) is 12.2 Å². The van der Waals surface area contributed by atoms with Gasteiger partial charge in [-0.05, 0) is 49.2 Å². The number of hydrogen-bond donors (Lipinski definition) is 0. The zero-order chi connectivity index (χ0) is 36.1. The molecule has 0 unspecified atom stereocenters. The highest BCUT2D eigenvalue weighted by Gasteiger charge is 2.32. The molecule has 0 spiro atoms. The van der Waals surface area contributed by atoms with Gasteiger partial charge in [-0.1, -0.05) is 34.6 Å². The first-order valence-electron chi connectivity index (χ1n) is 14.4. The topological polar surface area (TPSA) is 106 Å². The number of aryl methyl sites for hydroxylation is 2. The third-order valence-electron chi connectivity index (χ3n) is 6.73. The lowest BCUT2D eigenvalue weighted by molar-refractivity contribution is -0.275. The molecule has 0 saturated carbocycles. The predicted molar refractivity (Wildman–Crippen MR) is 157 cm³/mol. The van der Waals surface area contributed by atoms with Crippen LogP contribution in [0.15, 0.2) is 83.4 Å². The number of pyridine rings is 2. The Balaban J connectivity index is 0.000000194. The summed E-state index contributed by atoms with van der Waals surface area (Å²) >= 11 is 0. The fourth-order valence-corrected chi connectivity index (χ4v) is 4.32. The van der Waals surface area contributed by atoms with E-state index in [1.165, 1.54) is 86.9 Å². The fraction of sp³-hybridized carbons (Fsp3) is 0.250. The van der Waals surface area contributed by atoms with Gasteiger partial charge in [-0.25, -0.2) is 8.78 Å². The number of alkyl halides is 6. The first-order valence-corrected chi connectivity index (χ1v) is 14.4. The Labute approximate surface area is 277 Å². The number of nitrogens with zero attached hydrogens (tertiary/aromatic N) is 4. The highest BCUT2D eigenvalue weighted by atomic mass is 19.4. The molecule has 2 aromatic heterocycles. The van der Waals surface area contributed by atoms with Crippen molar-refractivity contribution >= 4 is 11.8 Å². The summed E-state index contributed by atoms with van der Waals surface area (Å²) in [4.78, 5) is 18.1. The van der Waals surface area contributed by atoms with E-state index in [4.69, 9.17) is 19.1 Å². The Bertz CT molecular complexity index is 1720. The molecule has 264 valence electrons. The molecule has 0 aliphatic carbocycles. The van der Waals surface area contributed by atoms with Gasteiger partial charge in [-0.15, -0.1) is 26.3 Å². The van der Waals surface area contributed by atoms with Crippen molar-refractivity contribution in [2.24, 2.45) is 10.3 Å². The smallest absolute Gasteiger partial charge is 0.438 e. The molecule has 2 aliphatic heterocycles. The summed E-state index contributed by atoms with van der Waals surface area (Å²) in [5.41, 5.74) is 1.70. The van der Waals surface area contributed by atoms with Crippen molar-refractivity contribution in [1.82, 2.24) is 9.97 Å². The highest BCUT2D eigenvalue weighted by molar-refractivity contribution is 5.80. The molecule has 0 radical (unpaired) electrons. The molecule has 4 aromatic rings. The molecule has 6 rings (SSSR count). The number of oxime groups is 2. The molecule has 4 heterocycles. The molecular weight excluding hydrogens is 688 g/mol. The highest BCUT2D eigenvalue weighted by Crippen LogP contribution is 2.32. The zero-order valence-corrected chi connectivity index (χ0v) is 25.8. The van der Waals surface area contributed by atoms with E-state index in [1.54, 1.807) is 0 Å². The second-order valence-corrected chi connectivity index (χ2v) is 10.5. The van der Waals surface area contributed by atoms with E-state index in [-0.39, 0.29) is 59.0 Å². The fourth-order valence-electron chi connectivity index (χ4n) is 4.32. The Kier molecular flexibility index (Phi) is 10.6. The standard InChI is InChI=1S/2C16H12F4N2O3/c2*1-9-13(17)6-12(8-21-9)23-15-7-14(25-22-15)10-2-4-11(5-3-10)24-16(18,19)20/h2*2-6,8,14H,7H2,1H3/t2*14-/m10/s1. The Morgan fingerprint density at radius 3 is 1.26 bits per heavy atom. The monoisotopic (exact) mass is 712 g/mol. The van der Waals surface area contributed by atoms with Gasteiger partial charge in [-0.3, -0.25) is 9.97 Å². The first kappa shape index (κ1) is 35.6. The molecule has 0 amide bonds. The quantitative estimate of drug-likeness (QED) is 0.183. The SMILES string of the molecule is Cc1ncc(OC2=NO[C@@H](c3ccc(OC(F)(F)F)cc3)C2)cc1F.Cc1ncc(OC2=NO[C@H](c3ccc(OC(F)(F)F)cc3)C2)cc1F. The van der Waals surface area contributed by atoms with Crippen molar-refractivity contribution < 1.29 is 63.7 Å². The van der Waals surface area contributed by atoms with E-state index in [0.29, 0.717) is 11.1 Å². The summed E-state index contributed by atoms with van der Waals surface area (Å²) in [5, 5.41) is 7.51. The molecule has 18 heteroatoms. The lowest BCUT2D eigenvalue weighted by atomic mass is 10.1. The normalized spacial score (nSPS) is 17.0. The van der Waals surface area contributed by atoms with Crippen LogP contribution >= 0.6 is 0 Å². The number of halogens is 8. The summed E-state index contributed by atoms with van der Waals surface area (Å²) in [5.74, 6) is -0.875. The van der Waals surface area contributed by atoms with Crippen LogP contribution in [0.25, 0.3) is 0 Å². The third kappa shape index (κ3) is 10.2. The van der Waals surface area contributed by atoms with Crippen molar-refractivity contribution in [2.75, 3.05) is 0 Å². The Morgan fingerprint density at radius 2 is 0.940 bits per heavy atom. The summed E-state index contributed by atoms with van der Waals surface area (Å²) in [6.07, 6.45) is -7.31. The van der Waals surface area contributed by atoms with Gasteiger partial charge in [0.25, 0.3) is 0 Å². The molecule has 2 atom stereocenters. The number of ether oxygens (including phenoxy) is 4. The van der Waals surface area contributed by atoms with Crippen molar-refractivity contribution in [1.29, 1.82) is 0 Å². The van der Waals surface area contributed by atoms with Gasteiger partial charge >= 0.3 is 12.7 Å². The summed E-state index contributed by atoms with van der Waals surface area (Å²) in [6.45, 7) is 3.05. The molecule has 10 nitrogen and oxygen atoms in total. The average Bonchev–Trinajstić information content (AvgIpc) is 3.70. The predicted octanol–water partition coefficient (Wildman–Crippen LogP) is 8.56. The molecule has 2 aliphatic rings. The van der Waals surface area contributed by atoms with E-state index in [9.17, 15) is 35.1 Å². The lowest BCUT2D eigenvalue weighted by Crippen LogP contribution is -2.17. The summed E-state index contributed by atoms with van der Waals surface area (Å²) < 4.78 is 118.